The van der Waals surface area contributed by atoms with Crippen molar-refractivity contribution in [3.8, 4) is 0 Å². The molecular formula is C18H36N2O. The predicted octanol–water partition coefficient (Wildman–Crippen LogP) is 3.29. The highest BCUT2D eigenvalue weighted by Gasteiger charge is 2.32. The quantitative estimate of drug-likeness (QED) is 0.730. The molecule has 0 aromatic carbocycles. The molecule has 0 amide bonds. The second kappa shape index (κ2) is 9.12. The van der Waals surface area contributed by atoms with Gasteiger partial charge in [-0.15, -0.1) is 0 Å². The lowest BCUT2D eigenvalue weighted by atomic mass is 9.82. The monoisotopic (exact) mass is 296 g/mol. The molecule has 2 rings (SSSR count). The van der Waals surface area contributed by atoms with Crippen LogP contribution in [0, 0.1) is 11.8 Å². The Kier molecular flexibility index (Phi) is 7.48. The number of nitrogens with zero attached hydrogens (tertiary/aromatic N) is 1. The van der Waals surface area contributed by atoms with Crippen molar-refractivity contribution in [2.75, 3.05) is 32.8 Å². The molecule has 1 N–H and O–H groups in total. The van der Waals surface area contributed by atoms with Crippen LogP contribution in [0.1, 0.15) is 59.3 Å². The number of nitrogens with one attached hydrogen (secondary N) is 1. The van der Waals surface area contributed by atoms with Crippen LogP contribution in [-0.2, 0) is 4.74 Å². The van der Waals surface area contributed by atoms with Gasteiger partial charge in [0.1, 0.15) is 0 Å². The van der Waals surface area contributed by atoms with Crippen LogP contribution in [0.5, 0.6) is 0 Å². The van der Waals surface area contributed by atoms with Crippen LogP contribution < -0.4 is 5.32 Å². The average Bonchev–Trinajstić information content (AvgIpc) is 2.47. The van der Waals surface area contributed by atoms with Crippen LogP contribution in [0.2, 0.25) is 0 Å². The van der Waals surface area contributed by atoms with Gasteiger partial charge in [-0.3, -0.25) is 4.90 Å². The molecule has 3 nitrogen and oxygen atoms in total. The minimum absolute atomic E-state index is 0.625. The Balaban J connectivity index is 1.75. The molecule has 124 valence electrons. The SMILES string of the molecule is CC(C)CCOCCN1CC(C)NCC1C1CCCCC1. The van der Waals surface area contributed by atoms with E-state index < -0.39 is 0 Å². The summed E-state index contributed by atoms with van der Waals surface area (Å²) >= 11 is 0. The summed E-state index contributed by atoms with van der Waals surface area (Å²) in [6.07, 6.45) is 8.39. The van der Waals surface area contributed by atoms with Crippen LogP contribution in [-0.4, -0.2) is 49.8 Å². The molecule has 0 radical (unpaired) electrons. The van der Waals surface area contributed by atoms with Crippen molar-refractivity contribution in [2.24, 2.45) is 11.8 Å². The number of hydrogen-bond donors (Lipinski definition) is 1. The van der Waals surface area contributed by atoms with E-state index in [1.54, 1.807) is 0 Å². The van der Waals surface area contributed by atoms with Crippen LogP contribution in [0.3, 0.4) is 0 Å². The first kappa shape index (κ1) is 17.2. The van der Waals surface area contributed by atoms with Crippen LogP contribution in [0.25, 0.3) is 0 Å². The fraction of sp³-hybridized carbons (Fsp3) is 1.00. The van der Waals surface area contributed by atoms with Gasteiger partial charge in [0.2, 0.25) is 0 Å². The van der Waals surface area contributed by atoms with Gasteiger partial charge in [-0.25, -0.2) is 0 Å². The van der Waals surface area contributed by atoms with Gasteiger partial charge in [0.15, 0.2) is 0 Å². The molecule has 2 unspecified atom stereocenters. The van der Waals surface area contributed by atoms with Crippen LogP contribution >= 0.6 is 0 Å². The maximum absolute atomic E-state index is 5.86. The molecule has 1 aliphatic carbocycles. The minimum Gasteiger partial charge on any atom is -0.380 e. The third kappa shape index (κ3) is 5.88. The fourth-order valence-electron chi connectivity index (χ4n) is 3.85. The zero-order valence-electron chi connectivity index (χ0n) is 14.4. The Morgan fingerprint density at radius 2 is 1.90 bits per heavy atom. The second-order valence-electron chi connectivity index (χ2n) is 7.56. The van der Waals surface area contributed by atoms with Crippen LogP contribution in [0.4, 0.5) is 0 Å². The summed E-state index contributed by atoms with van der Waals surface area (Å²) in [7, 11) is 0. The first-order valence-corrected chi connectivity index (χ1v) is 9.22. The normalized spacial score (nSPS) is 29.1. The standard InChI is InChI=1S/C18H36N2O/c1-15(2)9-11-21-12-10-20-14-16(3)19-13-18(20)17-7-5-4-6-8-17/h15-19H,4-14H2,1-3H3. The first-order chi connectivity index (χ1) is 10.2. The maximum atomic E-state index is 5.86. The van der Waals surface area contributed by atoms with Crippen molar-refractivity contribution in [1.82, 2.24) is 10.2 Å². The van der Waals surface area contributed by atoms with Crippen molar-refractivity contribution in [3.05, 3.63) is 0 Å². The summed E-state index contributed by atoms with van der Waals surface area (Å²) < 4.78 is 5.86. The molecule has 21 heavy (non-hydrogen) atoms. The molecule has 2 atom stereocenters. The first-order valence-electron chi connectivity index (χ1n) is 9.22. The lowest BCUT2D eigenvalue weighted by Gasteiger charge is -2.44. The van der Waals surface area contributed by atoms with Crippen molar-refractivity contribution in [1.29, 1.82) is 0 Å². The average molecular weight is 296 g/mol. The van der Waals surface area contributed by atoms with Crippen LogP contribution in [0.15, 0.2) is 0 Å². The Hall–Kier alpha value is -0.120. The van der Waals surface area contributed by atoms with E-state index in [0.717, 1.165) is 37.6 Å². The van der Waals surface area contributed by atoms with Crippen molar-refractivity contribution >= 4 is 0 Å². The molecule has 0 bridgehead atoms. The van der Waals surface area contributed by atoms with E-state index >= 15 is 0 Å². The Bertz CT molecular complexity index is 276. The highest BCUT2D eigenvalue weighted by Crippen LogP contribution is 2.30. The van der Waals surface area contributed by atoms with E-state index in [2.05, 4.69) is 31.0 Å². The van der Waals surface area contributed by atoms with E-state index in [0.29, 0.717) is 6.04 Å². The summed E-state index contributed by atoms with van der Waals surface area (Å²) in [6, 6.07) is 1.37. The fourth-order valence-corrected chi connectivity index (χ4v) is 3.85. The Morgan fingerprint density at radius 3 is 2.62 bits per heavy atom. The highest BCUT2D eigenvalue weighted by molar-refractivity contribution is 4.89. The summed E-state index contributed by atoms with van der Waals surface area (Å²) in [4.78, 5) is 2.71. The van der Waals surface area contributed by atoms with Crippen molar-refractivity contribution in [3.63, 3.8) is 0 Å². The molecule has 0 spiro atoms. The highest BCUT2D eigenvalue weighted by atomic mass is 16.5. The van der Waals surface area contributed by atoms with Gasteiger partial charge in [-0.1, -0.05) is 33.1 Å². The van der Waals surface area contributed by atoms with Crippen molar-refractivity contribution < 1.29 is 4.74 Å². The molecule has 1 aliphatic heterocycles. The predicted molar refractivity (Wildman–Crippen MR) is 89.7 cm³/mol. The number of rotatable bonds is 7. The summed E-state index contributed by atoms with van der Waals surface area (Å²) in [6.45, 7) is 12.2. The molecule has 3 heteroatoms. The number of hydrogen-bond acceptors (Lipinski definition) is 3. The molecule has 0 aromatic heterocycles. The molecule has 2 fully saturated rings. The molecule has 1 saturated carbocycles. The van der Waals surface area contributed by atoms with Gasteiger partial charge in [-0.05, 0) is 38.0 Å². The van der Waals surface area contributed by atoms with Gasteiger partial charge in [0.25, 0.3) is 0 Å². The van der Waals surface area contributed by atoms with Gasteiger partial charge in [0.05, 0.1) is 6.61 Å². The molecule has 0 aromatic rings. The molecule has 1 heterocycles. The number of ether oxygens (including phenoxy) is 1. The van der Waals surface area contributed by atoms with E-state index in [1.807, 2.05) is 0 Å². The summed E-state index contributed by atoms with van der Waals surface area (Å²) in [5, 5.41) is 3.69. The Morgan fingerprint density at radius 1 is 1.14 bits per heavy atom. The lowest BCUT2D eigenvalue weighted by molar-refractivity contribution is 0.0363. The smallest absolute Gasteiger partial charge is 0.0593 e. The molecule has 2 aliphatic rings. The van der Waals surface area contributed by atoms with Gasteiger partial charge < -0.3 is 10.1 Å². The zero-order valence-corrected chi connectivity index (χ0v) is 14.4. The van der Waals surface area contributed by atoms with E-state index in [4.69, 9.17) is 4.74 Å². The molecule has 1 saturated heterocycles. The summed E-state index contributed by atoms with van der Waals surface area (Å²) in [5.41, 5.74) is 0. The third-order valence-electron chi connectivity index (χ3n) is 5.21. The van der Waals surface area contributed by atoms with E-state index in [-0.39, 0.29) is 0 Å². The van der Waals surface area contributed by atoms with Gasteiger partial charge in [0, 0.05) is 38.3 Å². The lowest BCUT2D eigenvalue weighted by Crippen LogP contribution is -2.58. The largest absolute Gasteiger partial charge is 0.380 e. The summed E-state index contributed by atoms with van der Waals surface area (Å²) in [5.74, 6) is 1.66. The van der Waals surface area contributed by atoms with E-state index in [1.165, 1.54) is 51.6 Å². The van der Waals surface area contributed by atoms with Crippen molar-refractivity contribution in [2.45, 2.75) is 71.4 Å². The Labute approximate surface area is 131 Å². The maximum Gasteiger partial charge on any atom is 0.0593 e. The number of piperazine rings is 1. The minimum atomic E-state index is 0.625. The van der Waals surface area contributed by atoms with Gasteiger partial charge >= 0.3 is 0 Å². The second-order valence-corrected chi connectivity index (χ2v) is 7.56. The molecular weight excluding hydrogens is 260 g/mol. The third-order valence-corrected chi connectivity index (χ3v) is 5.21. The topological polar surface area (TPSA) is 24.5 Å². The van der Waals surface area contributed by atoms with Gasteiger partial charge in [-0.2, -0.15) is 0 Å². The zero-order chi connectivity index (χ0) is 15.1. The van der Waals surface area contributed by atoms with E-state index in [9.17, 15) is 0 Å².